The Morgan fingerprint density at radius 1 is 1.47 bits per heavy atom. The highest BCUT2D eigenvalue weighted by atomic mass is 32.2. The highest BCUT2D eigenvalue weighted by Gasteiger charge is 2.23. The second-order valence-corrected chi connectivity index (χ2v) is 6.42. The van der Waals surface area contributed by atoms with Crippen molar-refractivity contribution >= 4 is 11.8 Å². The van der Waals surface area contributed by atoms with Crippen LogP contribution in [0.1, 0.15) is 25.8 Å². The lowest BCUT2D eigenvalue weighted by atomic mass is 10.0. The number of nitrogens with two attached hydrogens (primary N) is 1. The van der Waals surface area contributed by atoms with Crippen molar-refractivity contribution in [1.29, 1.82) is 0 Å². The van der Waals surface area contributed by atoms with Crippen LogP contribution in [-0.2, 0) is 11.2 Å². The lowest BCUT2D eigenvalue weighted by Crippen LogP contribution is -2.41. The van der Waals surface area contributed by atoms with E-state index < -0.39 is 0 Å². The van der Waals surface area contributed by atoms with Gasteiger partial charge in [-0.1, -0.05) is 25.1 Å². The number of thioether (sulfide) groups is 1. The van der Waals surface area contributed by atoms with Gasteiger partial charge in [0.2, 0.25) is 0 Å². The molecule has 0 saturated heterocycles. The van der Waals surface area contributed by atoms with E-state index in [9.17, 15) is 0 Å². The Balaban J connectivity index is 1.77. The lowest BCUT2D eigenvalue weighted by molar-refractivity contribution is 0.0909. The summed E-state index contributed by atoms with van der Waals surface area (Å²) in [6.07, 6.45) is 2.07. The topological polar surface area (TPSA) is 35.2 Å². The molecule has 94 valence electrons. The van der Waals surface area contributed by atoms with Crippen LogP contribution in [0.2, 0.25) is 0 Å². The second kappa shape index (κ2) is 5.42. The zero-order valence-electron chi connectivity index (χ0n) is 10.6. The fourth-order valence-electron chi connectivity index (χ4n) is 1.87. The number of hydrogen-bond donors (Lipinski definition) is 1. The first-order valence-electron chi connectivity index (χ1n) is 6.22. The summed E-state index contributed by atoms with van der Waals surface area (Å²) in [5, 5.41) is 0.556. The zero-order valence-corrected chi connectivity index (χ0v) is 11.4. The Morgan fingerprint density at radius 2 is 2.24 bits per heavy atom. The third kappa shape index (κ3) is 3.47. The molecule has 0 amide bonds. The van der Waals surface area contributed by atoms with E-state index in [4.69, 9.17) is 10.5 Å². The molecular formula is C14H21NOS. The second-order valence-electron chi connectivity index (χ2n) is 5.07. The minimum atomic E-state index is -0.184. The maximum atomic E-state index is 6.05. The van der Waals surface area contributed by atoms with Crippen molar-refractivity contribution in [1.82, 2.24) is 0 Å². The summed E-state index contributed by atoms with van der Waals surface area (Å²) in [4.78, 5) is 1.41. The van der Waals surface area contributed by atoms with Gasteiger partial charge in [0.1, 0.15) is 0 Å². The van der Waals surface area contributed by atoms with Crippen LogP contribution in [0.4, 0.5) is 0 Å². The van der Waals surface area contributed by atoms with E-state index in [-0.39, 0.29) is 5.54 Å². The molecule has 1 aliphatic heterocycles. The molecular weight excluding hydrogens is 230 g/mol. The molecule has 0 radical (unpaired) electrons. The van der Waals surface area contributed by atoms with Crippen molar-refractivity contribution in [2.45, 2.75) is 42.4 Å². The Kier molecular flexibility index (Phi) is 4.13. The smallest absolute Gasteiger partial charge is 0.0643 e. The van der Waals surface area contributed by atoms with Crippen LogP contribution >= 0.6 is 11.8 Å². The van der Waals surface area contributed by atoms with Crippen LogP contribution in [0, 0.1) is 0 Å². The monoisotopic (exact) mass is 251 g/mol. The molecule has 3 heteroatoms. The van der Waals surface area contributed by atoms with E-state index in [1.54, 1.807) is 0 Å². The number of rotatable bonds is 5. The molecule has 17 heavy (non-hydrogen) atoms. The van der Waals surface area contributed by atoms with Gasteiger partial charge in [-0.05, 0) is 31.4 Å². The molecule has 0 spiro atoms. The van der Waals surface area contributed by atoms with E-state index in [1.165, 1.54) is 10.5 Å². The number of fused-ring (bicyclic) bond motifs is 1. The van der Waals surface area contributed by atoms with Crippen LogP contribution in [0.3, 0.4) is 0 Å². The minimum Gasteiger partial charge on any atom is -0.378 e. The van der Waals surface area contributed by atoms with Gasteiger partial charge >= 0.3 is 0 Å². The average Bonchev–Trinajstić information content (AvgIpc) is 2.71. The van der Waals surface area contributed by atoms with Crippen LogP contribution in [0.15, 0.2) is 29.2 Å². The molecule has 0 aromatic heterocycles. The van der Waals surface area contributed by atoms with E-state index in [0.29, 0.717) is 11.9 Å². The van der Waals surface area contributed by atoms with Crippen molar-refractivity contribution in [3.63, 3.8) is 0 Å². The molecule has 2 N–H and O–H groups in total. The van der Waals surface area contributed by atoms with Crippen molar-refractivity contribution in [3.05, 3.63) is 29.8 Å². The van der Waals surface area contributed by atoms with Crippen LogP contribution in [0.5, 0.6) is 0 Å². The molecule has 0 fully saturated rings. The Bertz CT molecular complexity index is 353. The molecule has 0 saturated carbocycles. The molecule has 1 aliphatic rings. The largest absolute Gasteiger partial charge is 0.378 e. The average molecular weight is 251 g/mol. The fraction of sp³-hybridized carbons (Fsp3) is 0.571. The van der Waals surface area contributed by atoms with Crippen molar-refractivity contribution < 1.29 is 4.74 Å². The van der Waals surface area contributed by atoms with Gasteiger partial charge in [0, 0.05) is 15.7 Å². The zero-order chi connectivity index (χ0) is 12.3. The molecule has 2 nitrogen and oxygen atoms in total. The summed E-state index contributed by atoms with van der Waals surface area (Å²) in [5.41, 5.74) is 7.32. The molecule has 1 aromatic rings. The predicted octanol–water partition coefficient (Wildman–Crippen LogP) is 2.85. The highest BCUT2D eigenvalue weighted by Crippen LogP contribution is 2.36. The van der Waals surface area contributed by atoms with Crippen LogP contribution < -0.4 is 5.73 Å². The maximum absolute atomic E-state index is 6.05. The molecule has 0 aliphatic carbocycles. The van der Waals surface area contributed by atoms with Crippen molar-refractivity contribution in [2.24, 2.45) is 5.73 Å². The standard InChI is InChI=1S/C14H21NOS/c1-3-14(2,15)10-16-9-12-8-11-6-4-5-7-13(11)17-12/h4-7,12H,3,8-10,15H2,1-2H3. The Labute approximate surface area is 108 Å². The van der Waals surface area contributed by atoms with Gasteiger partial charge in [-0.15, -0.1) is 11.8 Å². The first-order chi connectivity index (χ1) is 8.11. The summed E-state index contributed by atoms with van der Waals surface area (Å²) < 4.78 is 5.76. The summed E-state index contributed by atoms with van der Waals surface area (Å²) in [6, 6.07) is 8.61. The summed E-state index contributed by atoms with van der Waals surface area (Å²) in [6.45, 7) is 5.59. The third-order valence-electron chi connectivity index (χ3n) is 3.26. The lowest BCUT2D eigenvalue weighted by Gasteiger charge is -2.23. The first kappa shape index (κ1) is 12.9. The van der Waals surface area contributed by atoms with Crippen molar-refractivity contribution in [3.8, 4) is 0 Å². The van der Waals surface area contributed by atoms with Crippen LogP contribution in [0.25, 0.3) is 0 Å². The highest BCUT2D eigenvalue weighted by molar-refractivity contribution is 8.00. The summed E-state index contributed by atoms with van der Waals surface area (Å²) >= 11 is 1.93. The maximum Gasteiger partial charge on any atom is 0.0643 e. The molecule has 1 heterocycles. The third-order valence-corrected chi connectivity index (χ3v) is 4.55. The number of hydrogen-bond acceptors (Lipinski definition) is 3. The normalized spacial score (nSPS) is 22.2. The van der Waals surface area contributed by atoms with E-state index in [0.717, 1.165) is 19.4 Å². The van der Waals surface area contributed by atoms with E-state index in [2.05, 4.69) is 31.2 Å². The molecule has 0 bridgehead atoms. The van der Waals surface area contributed by atoms with Gasteiger partial charge in [0.05, 0.1) is 13.2 Å². The quantitative estimate of drug-likeness (QED) is 0.874. The van der Waals surface area contributed by atoms with Crippen LogP contribution in [-0.4, -0.2) is 24.0 Å². The van der Waals surface area contributed by atoms with Gasteiger partial charge in [0.25, 0.3) is 0 Å². The van der Waals surface area contributed by atoms with Gasteiger partial charge in [-0.25, -0.2) is 0 Å². The van der Waals surface area contributed by atoms with Crippen molar-refractivity contribution in [2.75, 3.05) is 13.2 Å². The van der Waals surface area contributed by atoms with Gasteiger partial charge in [0.15, 0.2) is 0 Å². The molecule has 2 rings (SSSR count). The minimum absolute atomic E-state index is 0.184. The number of benzene rings is 1. The summed E-state index contributed by atoms with van der Waals surface area (Å²) in [7, 11) is 0. The Morgan fingerprint density at radius 3 is 2.94 bits per heavy atom. The predicted molar refractivity (Wildman–Crippen MR) is 73.5 cm³/mol. The van der Waals surface area contributed by atoms with Gasteiger partial charge in [-0.3, -0.25) is 0 Å². The SMILES string of the molecule is CCC(C)(N)COCC1Cc2ccccc2S1. The van der Waals surface area contributed by atoms with E-state index >= 15 is 0 Å². The molecule has 2 unspecified atom stereocenters. The van der Waals surface area contributed by atoms with Gasteiger partial charge in [-0.2, -0.15) is 0 Å². The van der Waals surface area contributed by atoms with Gasteiger partial charge < -0.3 is 10.5 Å². The fourth-order valence-corrected chi connectivity index (χ4v) is 3.12. The molecule has 2 atom stereocenters. The Hall–Kier alpha value is -0.510. The van der Waals surface area contributed by atoms with E-state index in [1.807, 2.05) is 18.7 Å². The molecule has 1 aromatic carbocycles. The summed E-state index contributed by atoms with van der Waals surface area (Å²) in [5.74, 6) is 0. The first-order valence-corrected chi connectivity index (χ1v) is 7.10. The number of ether oxygens (including phenoxy) is 1.